The first-order valence-electron chi connectivity index (χ1n) is 21.5. The molecule has 4 saturated carbocycles. The molecule has 9 fully saturated rings. The number of nitrogens with zero attached hydrogens (tertiary/aromatic N) is 1. The van der Waals surface area contributed by atoms with Crippen molar-refractivity contribution in [2.45, 2.75) is 142 Å². The van der Waals surface area contributed by atoms with Crippen LogP contribution in [0.5, 0.6) is 5.75 Å². The Hall–Kier alpha value is -2.88. The van der Waals surface area contributed by atoms with Crippen molar-refractivity contribution in [1.29, 1.82) is 0 Å². The van der Waals surface area contributed by atoms with Crippen molar-refractivity contribution < 1.29 is 80.6 Å². The Kier molecular flexibility index (Phi) is 11.8. The number of para-hydroxylation sites is 1. The SMILES string of the molecule is O=C(O)C1C(F)C(F)C2C3NC4NC(NC5C6C(F)C(F)C(F)C(F)C6C(NC6NC(NC(N3)C2C1Oc1ccccc1)C1C(F)C(F)C(F)C(F)C61)N5F)C1C(F)C(F)C(F)C(F)C41. The summed E-state index contributed by atoms with van der Waals surface area (Å²) in [5.41, 5.74) is 0. The maximum Gasteiger partial charge on any atom is 0.313 e. The van der Waals surface area contributed by atoms with E-state index in [1.165, 1.54) is 24.3 Å². The van der Waals surface area contributed by atoms with Gasteiger partial charge < -0.3 is 9.84 Å². The molecule has 5 heterocycles. The summed E-state index contributed by atoms with van der Waals surface area (Å²) >= 11 is 0. The molecule has 4 aliphatic carbocycles. The first kappa shape index (κ1) is 45.9. The number of carboxylic acid groups (broad SMARTS) is 1. The monoisotopic (exact) mass is 958 g/mol. The molecule has 32 unspecified atom stereocenters. The summed E-state index contributed by atoms with van der Waals surface area (Å²) in [7, 11) is 0. The molecule has 0 aromatic heterocycles. The highest BCUT2D eigenvalue weighted by Crippen LogP contribution is 2.53. The van der Waals surface area contributed by atoms with E-state index in [1.54, 1.807) is 6.07 Å². The highest BCUT2D eigenvalue weighted by atomic mass is 19.2. The van der Waals surface area contributed by atoms with E-state index in [1.807, 2.05) is 0 Å². The van der Waals surface area contributed by atoms with Crippen LogP contribution >= 0.6 is 0 Å². The van der Waals surface area contributed by atoms with E-state index < -0.39 is 206 Å². The fraction of sp³-hybridized carbons (Fsp3) is 0.821. The summed E-state index contributed by atoms with van der Waals surface area (Å²) in [4.78, 5) is 12.8. The number of aliphatic carboxylic acids is 1. The van der Waals surface area contributed by atoms with Gasteiger partial charge >= 0.3 is 5.97 Å². The molecular formula is C39H45F15N8O3. The average molecular weight is 959 g/mol. The molecule has 1 aromatic carbocycles. The molecule has 5 aliphatic heterocycles. The van der Waals surface area contributed by atoms with Gasteiger partial charge in [-0.1, -0.05) is 18.2 Å². The molecule has 8 bridgehead atoms. The Balaban J connectivity index is 1.12. The number of alkyl halides is 14. The Morgan fingerprint density at radius 3 is 1.06 bits per heavy atom. The highest BCUT2D eigenvalue weighted by Gasteiger charge is 2.71. The number of halogens is 15. The zero-order valence-corrected chi connectivity index (χ0v) is 33.2. The second kappa shape index (κ2) is 16.7. The maximum atomic E-state index is 17.0. The Morgan fingerprint density at radius 1 is 0.415 bits per heavy atom. The van der Waals surface area contributed by atoms with E-state index in [2.05, 4.69) is 37.2 Å². The van der Waals surface area contributed by atoms with E-state index >= 15 is 65.9 Å². The fourth-order valence-corrected chi connectivity index (χ4v) is 13.0. The third-order valence-corrected chi connectivity index (χ3v) is 15.8. The highest BCUT2D eigenvalue weighted by molar-refractivity contribution is 5.72. The lowest BCUT2D eigenvalue weighted by Gasteiger charge is -2.45. The smallest absolute Gasteiger partial charge is 0.313 e. The summed E-state index contributed by atoms with van der Waals surface area (Å²) < 4.78 is 244. The van der Waals surface area contributed by atoms with E-state index in [-0.39, 0.29) is 5.75 Å². The molecule has 26 heteroatoms. The number of carbonyl (C=O) groups is 1. The van der Waals surface area contributed by atoms with Crippen LogP contribution in [0.3, 0.4) is 0 Å². The Labute approximate surface area is 360 Å². The maximum absolute atomic E-state index is 17.0. The van der Waals surface area contributed by atoms with Crippen LogP contribution in [0, 0.1) is 53.3 Å². The molecule has 1 aromatic rings. The van der Waals surface area contributed by atoms with Crippen molar-refractivity contribution in [3.8, 4) is 5.75 Å². The normalized spacial score (nSPS) is 58.6. The first-order chi connectivity index (χ1) is 30.8. The topological polar surface area (TPSA) is 134 Å². The molecule has 65 heavy (non-hydrogen) atoms. The van der Waals surface area contributed by atoms with Crippen molar-refractivity contribution in [2.24, 2.45) is 53.3 Å². The number of fused-ring (bicyclic) bond motifs is 20. The van der Waals surface area contributed by atoms with Crippen molar-refractivity contribution in [1.82, 2.24) is 42.3 Å². The van der Waals surface area contributed by atoms with Gasteiger partial charge in [0.1, 0.15) is 67.1 Å². The minimum atomic E-state index is -3.23. The zero-order valence-electron chi connectivity index (χ0n) is 33.2. The van der Waals surface area contributed by atoms with Gasteiger partial charge in [-0.05, 0) is 12.1 Å². The van der Waals surface area contributed by atoms with Crippen LogP contribution < -0.4 is 42.0 Å². The molecule has 8 N–H and O–H groups in total. The zero-order chi connectivity index (χ0) is 46.4. The van der Waals surface area contributed by atoms with Gasteiger partial charge in [0.05, 0.1) is 49.3 Å². The second-order valence-electron chi connectivity index (χ2n) is 18.9. The Bertz CT molecular complexity index is 1920. The van der Waals surface area contributed by atoms with Crippen LogP contribution in [0.2, 0.25) is 0 Å². The Morgan fingerprint density at radius 2 is 0.708 bits per heavy atom. The third-order valence-electron chi connectivity index (χ3n) is 15.8. The van der Waals surface area contributed by atoms with Crippen LogP contribution in [0.25, 0.3) is 0 Å². The molecule has 364 valence electrons. The van der Waals surface area contributed by atoms with Gasteiger partial charge in [-0.2, -0.15) is 0 Å². The predicted molar refractivity (Wildman–Crippen MR) is 194 cm³/mol. The fourth-order valence-electron chi connectivity index (χ4n) is 13.0. The number of rotatable bonds is 3. The van der Waals surface area contributed by atoms with E-state index in [0.29, 0.717) is 0 Å². The minimum Gasteiger partial charge on any atom is -0.489 e. The van der Waals surface area contributed by atoms with Gasteiger partial charge in [-0.3, -0.25) is 42.0 Å². The van der Waals surface area contributed by atoms with E-state index in [9.17, 15) is 9.90 Å². The van der Waals surface area contributed by atoms with Crippen LogP contribution in [0.4, 0.5) is 65.9 Å². The van der Waals surface area contributed by atoms with Gasteiger partial charge in [-0.15, -0.1) is 9.60 Å². The number of hydrogen-bond donors (Lipinski definition) is 8. The lowest BCUT2D eigenvalue weighted by Crippen LogP contribution is -2.63. The van der Waals surface area contributed by atoms with Crippen molar-refractivity contribution in [2.75, 3.05) is 0 Å². The van der Waals surface area contributed by atoms with Crippen LogP contribution in [-0.2, 0) is 4.79 Å². The van der Waals surface area contributed by atoms with Gasteiger partial charge in [0.15, 0.2) is 37.0 Å². The first-order valence-corrected chi connectivity index (χ1v) is 21.5. The molecule has 0 amide bonds. The molecule has 10 rings (SSSR count). The largest absolute Gasteiger partial charge is 0.489 e. The number of ether oxygens (including phenoxy) is 1. The van der Waals surface area contributed by atoms with E-state index in [0.717, 1.165) is 0 Å². The van der Waals surface area contributed by atoms with Crippen LogP contribution in [-0.4, -0.2) is 158 Å². The molecule has 32 atom stereocenters. The average Bonchev–Trinajstić information content (AvgIpc) is 4.01. The minimum absolute atomic E-state index is 0.0573. The van der Waals surface area contributed by atoms with Crippen molar-refractivity contribution in [3.63, 3.8) is 0 Å². The van der Waals surface area contributed by atoms with E-state index in [4.69, 9.17) is 4.74 Å². The molecule has 0 radical (unpaired) electrons. The van der Waals surface area contributed by atoms with Crippen LogP contribution in [0.15, 0.2) is 30.3 Å². The van der Waals surface area contributed by atoms with Gasteiger partial charge in [-0.25, -0.2) is 61.5 Å². The lowest BCUT2D eigenvalue weighted by molar-refractivity contribution is -0.161. The van der Waals surface area contributed by atoms with Crippen molar-refractivity contribution in [3.05, 3.63) is 30.3 Å². The number of benzene rings is 1. The summed E-state index contributed by atoms with van der Waals surface area (Å²) in [5.74, 6) is -20.5. The number of carboxylic acids is 1. The second-order valence-corrected chi connectivity index (χ2v) is 18.9. The standard InChI is InChI=1S/C39H45F15N8O3/c40-16-11-14(30(15(23(16)47)39(63)64)65-6-4-2-1-3-5-6)36-58-32-8-10(20(44)27(51)25(49)18(8)42)35(57-32)61-38-13-12(21(45)28(52)29(53)22(13)46)37(62(38)54)60-34-9-7(31(56-34)55-33(11)59-36)17(41)24(48)26(50)19(9)43/h1-5,7-38,55-61H,(H,63,64). The number of hydrogen-bond acceptors (Lipinski definition) is 10. The molecule has 11 nitrogen and oxygen atoms in total. The van der Waals surface area contributed by atoms with Gasteiger partial charge in [0.25, 0.3) is 0 Å². The summed E-state index contributed by atoms with van der Waals surface area (Å²) in [6.07, 6.45) is -60.1. The number of nitrogens with one attached hydrogen (secondary N) is 7. The molecule has 9 aliphatic rings. The molecule has 0 spiro atoms. The summed E-state index contributed by atoms with van der Waals surface area (Å²) in [6.45, 7) is 0. The summed E-state index contributed by atoms with van der Waals surface area (Å²) in [5, 5.41) is 28.3. The van der Waals surface area contributed by atoms with Gasteiger partial charge in [0.2, 0.25) is 0 Å². The predicted octanol–water partition coefficient (Wildman–Crippen LogP) is 2.84. The molecular weight excluding hydrogens is 913 g/mol. The summed E-state index contributed by atoms with van der Waals surface area (Å²) in [6, 6.07) is 7.16. The lowest BCUT2D eigenvalue weighted by atomic mass is 9.68. The van der Waals surface area contributed by atoms with Crippen LogP contribution in [0.1, 0.15) is 0 Å². The quantitative estimate of drug-likeness (QED) is 0.168. The van der Waals surface area contributed by atoms with Gasteiger partial charge in [0, 0.05) is 47.3 Å². The van der Waals surface area contributed by atoms with Crippen molar-refractivity contribution >= 4 is 5.97 Å². The third kappa shape index (κ3) is 6.81. The molecule has 5 saturated heterocycles.